The molecule has 1 aliphatic heterocycles. The Morgan fingerprint density at radius 3 is 2.42 bits per heavy atom. The van der Waals surface area contributed by atoms with Crippen molar-refractivity contribution in [2.75, 3.05) is 10.6 Å². The number of carbonyl (C=O) groups excluding carboxylic acids is 4. The van der Waals surface area contributed by atoms with E-state index in [2.05, 4.69) is 5.32 Å². The number of amides is 3. The van der Waals surface area contributed by atoms with Gasteiger partial charge in [0.2, 0.25) is 11.8 Å². The molecule has 0 saturated carbocycles. The molecule has 7 nitrogen and oxygen atoms in total. The van der Waals surface area contributed by atoms with Gasteiger partial charge in [0.1, 0.15) is 11.9 Å². The Morgan fingerprint density at radius 2 is 1.69 bits per heavy atom. The third kappa shape index (κ3) is 4.75. The summed E-state index contributed by atoms with van der Waals surface area (Å²) in [5.41, 5.74) is 9.49. The van der Waals surface area contributed by atoms with Crippen LogP contribution < -0.4 is 16.0 Å². The van der Waals surface area contributed by atoms with E-state index < -0.39 is 35.5 Å². The minimum absolute atomic E-state index is 0.104. The summed E-state index contributed by atoms with van der Waals surface area (Å²) < 4.78 is 13.1. The molecule has 184 valence electrons. The van der Waals surface area contributed by atoms with Gasteiger partial charge >= 0.3 is 0 Å². The first-order valence-electron chi connectivity index (χ1n) is 11.6. The highest BCUT2D eigenvalue weighted by molar-refractivity contribution is 6.22. The number of imide groups is 1. The van der Waals surface area contributed by atoms with Crippen LogP contribution in [0.15, 0.2) is 66.7 Å². The minimum atomic E-state index is -1.04. The molecule has 2 atom stereocenters. The van der Waals surface area contributed by atoms with E-state index in [0.29, 0.717) is 22.5 Å². The number of nitrogens with one attached hydrogen (secondary N) is 1. The van der Waals surface area contributed by atoms with Crippen molar-refractivity contribution in [3.63, 3.8) is 0 Å². The highest BCUT2D eigenvalue weighted by atomic mass is 19.1. The second kappa shape index (κ2) is 10.1. The maximum Gasteiger partial charge on any atom is 0.256 e. The average Bonchev–Trinajstić information content (AvgIpc) is 2.96. The van der Waals surface area contributed by atoms with Crippen LogP contribution in [-0.2, 0) is 14.4 Å². The molecule has 1 aliphatic rings. The normalized spacial score (nSPS) is 15.4. The van der Waals surface area contributed by atoms with Crippen LogP contribution >= 0.6 is 0 Å². The number of fused-ring (bicyclic) bond motifs is 3. The summed E-state index contributed by atoms with van der Waals surface area (Å²) in [6, 6.07) is 16.5. The standard InChI is InChI=1S/C28H26FN3O4/c1-16-20-6-3-4-7-21(20)26-22(30)8-5-9-23(26)32(27(16)35)28(36)17(2)31-25(34)15-14-24(33)18-10-12-19(29)13-11-18/h3-13,16-17H,14-15,30H2,1-2H3,(H,31,34)/t16?,17-/m0/s1. The Hall–Kier alpha value is -4.33. The van der Waals surface area contributed by atoms with Gasteiger partial charge in [0, 0.05) is 29.7 Å². The van der Waals surface area contributed by atoms with Gasteiger partial charge in [0.25, 0.3) is 5.91 Å². The number of hydrogen-bond donors (Lipinski definition) is 2. The first-order valence-corrected chi connectivity index (χ1v) is 11.6. The quantitative estimate of drug-likeness (QED) is 0.400. The van der Waals surface area contributed by atoms with E-state index >= 15 is 0 Å². The van der Waals surface area contributed by atoms with E-state index in [1.165, 1.54) is 31.2 Å². The van der Waals surface area contributed by atoms with Crippen LogP contribution in [0.25, 0.3) is 11.1 Å². The minimum Gasteiger partial charge on any atom is -0.398 e. The van der Waals surface area contributed by atoms with Crippen molar-refractivity contribution in [1.29, 1.82) is 0 Å². The van der Waals surface area contributed by atoms with Crippen molar-refractivity contribution >= 4 is 34.9 Å². The molecule has 3 aromatic carbocycles. The molecule has 0 aliphatic carbocycles. The molecular formula is C28H26FN3O4. The third-order valence-corrected chi connectivity index (χ3v) is 6.32. The summed E-state index contributed by atoms with van der Waals surface area (Å²) in [5, 5.41) is 2.59. The summed E-state index contributed by atoms with van der Waals surface area (Å²) >= 11 is 0. The number of nitrogen functional groups attached to an aromatic ring is 1. The topological polar surface area (TPSA) is 110 Å². The average molecular weight is 488 g/mol. The Kier molecular flexibility index (Phi) is 6.96. The number of nitrogens with zero attached hydrogens (tertiary/aromatic N) is 1. The summed E-state index contributed by atoms with van der Waals surface area (Å²) in [4.78, 5) is 52.9. The molecule has 1 unspecified atom stereocenters. The van der Waals surface area contributed by atoms with E-state index in [4.69, 9.17) is 5.73 Å². The molecular weight excluding hydrogens is 461 g/mol. The van der Waals surface area contributed by atoms with E-state index in [1.807, 2.05) is 24.3 Å². The van der Waals surface area contributed by atoms with Crippen LogP contribution in [0.2, 0.25) is 0 Å². The lowest BCUT2D eigenvalue weighted by Gasteiger charge is -2.26. The predicted octanol–water partition coefficient (Wildman–Crippen LogP) is 4.22. The number of ketones is 1. The largest absolute Gasteiger partial charge is 0.398 e. The molecule has 0 radical (unpaired) electrons. The maximum absolute atomic E-state index is 13.5. The van der Waals surface area contributed by atoms with Crippen LogP contribution in [-0.4, -0.2) is 29.5 Å². The molecule has 0 fully saturated rings. The molecule has 0 aromatic heterocycles. The molecule has 3 amide bonds. The fourth-order valence-electron chi connectivity index (χ4n) is 4.39. The van der Waals surface area contributed by atoms with Crippen molar-refractivity contribution < 1.29 is 23.6 Å². The number of rotatable bonds is 6. The second-order valence-electron chi connectivity index (χ2n) is 8.78. The number of carbonyl (C=O) groups is 4. The van der Waals surface area contributed by atoms with Crippen LogP contribution in [0.1, 0.15) is 48.5 Å². The van der Waals surface area contributed by atoms with Crippen LogP contribution in [0.5, 0.6) is 0 Å². The first kappa shape index (κ1) is 24.8. The highest BCUT2D eigenvalue weighted by Gasteiger charge is 2.37. The number of nitrogens with two attached hydrogens (primary N) is 1. The number of halogens is 1. The SMILES string of the molecule is CC1C(=O)N(C(=O)[C@H](C)NC(=O)CCC(=O)c2ccc(F)cc2)c2cccc(N)c2-c2ccccc21. The molecule has 3 aromatic rings. The smallest absolute Gasteiger partial charge is 0.256 e. The zero-order chi connectivity index (χ0) is 26.0. The van der Waals surface area contributed by atoms with Crippen molar-refractivity contribution in [3.05, 3.63) is 83.7 Å². The van der Waals surface area contributed by atoms with E-state index in [-0.39, 0.29) is 18.6 Å². The summed E-state index contributed by atoms with van der Waals surface area (Å²) in [7, 11) is 0. The van der Waals surface area contributed by atoms with Gasteiger partial charge in [-0.3, -0.25) is 19.2 Å². The van der Waals surface area contributed by atoms with Crippen molar-refractivity contribution in [3.8, 4) is 11.1 Å². The molecule has 36 heavy (non-hydrogen) atoms. The molecule has 3 N–H and O–H groups in total. The summed E-state index contributed by atoms with van der Waals surface area (Å²) in [6.45, 7) is 3.22. The monoisotopic (exact) mass is 487 g/mol. The molecule has 0 bridgehead atoms. The molecule has 4 rings (SSSR count). The lowest BCUT2D eigenvalue weighted by molar-refractivity contribution is -0.131. The van der Waals surface area contributed by atoms with Gasteiger partial charge in [0.05, 0.1) is 11.6 Å². The van der Waals surface area contributed by atoms with Gasteiger partial charge in [-0.25, -0.2) is 9.29 Å². The summed E-state index contributed by atoms with van der Waals surface area (Å²) in [5.74, 6) is -2.94. The fourth-order valence-corrected chi connectivity index (χ4v) is 4.39. The fraction of sp³-hybridized carbons (Fsp3) is 0.214. The molecule has 0 saturated heterocycles. The van der Waals surface area contributed by atoms with Crippen LogP contribution in [0, 0.1) is 5.82 Å². The van der Waals surface area contributed by atoms with Crippen molar-refractivity contribution in [1.82, 2.24) is 5.32 Å². The first-order chi connectivity index (χ1) is 17.2. The Morgan fingerprint density at radius 1 is 1.00 bits per heavy atom. The zero-order valence-electron chi connectivity index (χ0n) is 20.0. The lowest BCUT2D eigenvalue weighted by atomic mass is 9.92. The van der Waals surface area contributed by atoms with Gasteiger partial charge < -0.3 is 11.1 Å². The predicted molar refractivity (Wildman–Crippen MR) is 135 cm³/mol. The number of anilines is 2. The van der Waals surface area contributed by atoms with Crippen molar-refractivity contribution in [2.45, 2.75) is 38.6 Å². The maximum atomic E-state index is 13.5. The van der Waals surface area contributed by atoms with Crippen LogP contribution in [0.3, 0.4) is 0 Å². The van der Waals surface area contributed by atoms with Gasteiger partial charge in [0.15, 0.2) is 5.78 Å². The number of Topliss-reactive ketones (excluding diaryl/α,β-unsaturated/α-hetero) is 1. The molecule has 0 spiro atoms. The van der Waals surface area contributed by atoms with E-state index in [9.17, 15) is 23.6 Å². The molecule has 1 heterocycles. The third-order valence-electron chi connectivity index (χ3n) is 6.32. The van der Waals surface area contributed by atoms with Gasteiger partial charge in [-0.05, 0) is 61.4 Å². The Bertz CT molecular complexity index is 1350. The van der Waals surface area contributed by atoms with Gasteiger partial charge in [-0.2, -0.15) is 0 Å². The van der Waals surface area contributed by atoms with E-state index in [0.717, 1.165) is 16.0 Å². The molecule has 8 heteroatoms. The van der Waals surface area contributed by atoms with E-state index in [1.54, 1.807) is 25.1 Å². The van der Waals surface area contributed by atoms with Crippen LogP contribution in [0.4, 0.5) is 15.8 Å². The van der Waals surface area contributed by atoms with Crippen molar-refractivity contribution in [2.24, 2.45) is 0 Å². The Labute approximate surface area is 208 Å². The summed E-state index contributed by atoms with van der Waals surface area (Å²) in [6.07, 6.45) is -0.264. The lowest BCUT2D eigenvalue weighted by Crippen LogP contribution is -2.50. The van der Waals surface area contributed by atoms with Gasteiger partial charge in [-0.15, -0.1) is 0 Å². The number of benzene rings is 3. The van der Waals surface area contributed by atoms with Gasteiger partial charge in [-0.1, -0.05) is 30.3 Å². The highest BCUT2D eigenvalue weighted by Crippen LogP contribution is 2.44. The Balaban J connectivity index is 1.52. The second-order valence-corrected chi connectivity index (χ2v) is 8.78. The zero-order valence-corrected chi connectivity index (χ0v) is 20.0. The number of hydrogen-bond acceptors (Lipinski definition) is 5.